The van der Waals surface area contributed by atoms with E-state index in [1.165, 1.54) is 11.1 Å². The molecular weight excluding hydrogens is 253 g/mol. The predicted octanol–water partition coefficient (Wildman–Crippen LogP) is 4.20. The third kappa shape index (κ3) is 1.36. The lowest BCUT2D eigenvalue weighted by Crippen LogP contribution is -2.40. The van der Waals surface area contributed by atoms with Crippen LogP contribution in [0.2, 0.25) is 0 Å². The Bertz CT molecular complexity index is 722. The number of hydrogen-bond donors (Lipinski definition) is 0. The first-order valence-electron chi connectivity index (χ1n) is 7.75. The van der Waals surface area contributed by atoms with Gasteiger partial charge in [-0.2, -0.15) is 0 Å². The Kier molecular flexibility index (Phi) is 2.37. The standard InChI is InChI=1S/C19H20BN/c1-17(2)18(3)9-10-19(17,20)14-11-16(21-12-15(14)18)13-7-5-4-6-8-13/h4-8,11-12H,9-10H2,1-3H3. The maximum absolute atomic E-state index is 6.89. The van der Waals surface area contributed by atoms with Gasteiger partial charge in [0, 0.05) is 11.8 Å². The highest BCUT2D eigenvalue weighted by molar-refractivity contribution is 6.18. The molecule has 104 valence electrons. The summed E-state index contributed by atoms with van der Waals surface area (Å²) in [5, 5.41) is -0.219. The third-order valence-corrected chi connectivity index (χ3v) is 6.56. The molecule has 0 saturated heterocycles. The van der Waals surface area contributed by atoms with Gasteiger partial charge in [0.25, 0.3) is 0 Å². The number of pyridine rings is 1. The van der Waals surface area contributed by atoms with Crippen LogP contribution in [0.4, 0.5) is 0 Å². The minimum Gasteiger partial charge on any atom is -0.256 e. The van der Waals surface area contributed by atoms with E-state index < -0.39 is 0 Å². The number of fused-ring (bicyclic) bond motifs is 5. The van der Waals surface area contributed by atoms with Crippen LogP contribution < -0.4 is 0 Å². The van der Waals surface area contributed by atoms with Gasteiger partial charge in [0.15, 0.2) is 0 Å². The van der Waals surface area contributed by atoms with Gasteiger partial charge in [0.1, 0.15) is 0 Å². The maximum atomic E-state index is 6.89. The quantitative estimate of drug-likeness (QED) is 0.709. The van der Waals surface area contributed by atoms with Crippen LogP contribution in [0.1, 0.15) is 44.7 Å². The van der Waals surface area contributed by atoms with Crippen molar-refractivity contribution in [2.45, 2.75) is 44.3 Å². The van der Waals surface area contributed by atoms with Crippen LogP contribution in [0.3, 0.4) is 0 Å². The van der Waals surface area contributed by atoms with Crippen molar-refractivity contribution in [2.75, 3.05) is 0 Å². The second kappa shape index (κ2) is 3.79. The van der Waals surface area contributed by atoms with E-state index in [-0.39, 0.29) is 16.1 Å². The molecular formula is C19H20BN. The summed E-state index contributed by atoms with van der Waals surface area (Å²) < 4.78 is 0. The highest BCUT2D eigenvalue weighted by Gasteiger charge is 2.65. The molecule has 1 aromatic heterocycles. The second-order valence-corrected chi connectivity index (χ2v) is 7.41. The van der Waals surface area contributed by atoms with Gasteiger partial charge in [0.2, 0.25) is 0 Å². The molecule has 0 spiro atoms. The Morgan fingerprint density at radius 3 is 2.43 bits per heavy atom. The summed E-state index contributed by atoms with van der Waals surface area (Å²) in [6, 6.07) is 12.6. The molecule has 1 saturated carbocycles. The first-order chi connectivity index (χ1) is 9.90. The van der Waals surface area contributed by atoms with Crippen molar-refractivity contribution in [1.29, 1.82) is 0 Å². The van der Waals surface area contributed by atoms with Gasteiger partial charge in [-0.3, -0.25) is 4.98 Å². The van der Waals surface area contributed by atoms with Crippen molar-refractivity contribution >= 4 is 7.85 Å². The van der Waals surface area contributed by atoms with Gasteiger partial charge >= 0.3 is 0 Å². The molecule has 2 radical (unpaired) electrons. The number of aromatic nitrogens is 1. The van der Waals surface area contributed by atoms with Crippen LogP contribution in [0.25, 0.3) is 11.3 Å². The zero-order valence-electron chi connectivity index (χ0n) is 13.0. The highest BCUT2D eigenvalue weighted by Crippen LogP contribution is 2.69. The lowest BCUT2D eigenvalue weighted by atomic mass is 9.53. The van der Waals surface area contributed by atoms with Gasteiger partial charge in [0.05, 0.1) is 13.5 Å². The first-order valence-corrected chi connectivity index (χ1v) is 7.75. The molecule has 21 heavy (non-hydrogen) atoms. The van der Waals surface area contributed by atoms with Crippen molar-refractivity contribution < 1.29 is 0 Å². The van der Waals surface area contributed by atoms with Crippen LogP contribution in [0.5, 0.6) is 0 Å². The summed E-state index contributed by atoms with van der Waals surface area (Å²) in [5.74, 6) is 0. The molecule has 1 fully saturated rings. The van der Waals surface area contributed by atoms with Crippen LogP contribution in [0.15, 0.2) is 42.6 Å². The minimum absolute atomic E-state index is 0.0827. The number of benzene rings is 1. The molecule has 2 aliphatic carbocycles. The lowest BCUT2D eigenvalue weighted by Gasteiger charge is -2.40. The molecule has 2 heteroatoms. The molecule has 2 unspecified atom stereocenters. The largest absolute Gasteiger partial charge is 0.256 e. The fourth-order valence-corrected chi connectivity index (χ4v) is 4.54. The Morgan fingerprint density at radius 1 is 1.00 bits per heavy atom. The molecule has 0 amide bonds. The summed E-state index contributed by atoms with van der Waals surface area (Å²) in [6.45, 7) is 7.00. The SMILES string of the molecule is [B]C12CCC(C)(c3cnc(-c4ccccc4)cc31)C2(C)C. The molecule has 0 aliphatic heterocycles. The Morgan fingerprint density at radius 2 is 1.71 bits per heavy atom. The van der Waals surface area contributed by atoms with Crippen molar-refractivity contribution in [3.8, 4) is 11.3 Å². The molecule has 0 N–H and O–H groups in total. The monoisotopic (exact) mass is 273 g/mol. The van der Waals surface area contributed by atoms with E-state index >= 15 is 0 Å². The Hall–Kier alpha value is -1.57. The molecule has 1 aromatic carbocycles. The molecule has 2 aliphatic rings. The van der Waals surface area contributed by atoms with E-state index in [2.05, 4.69) is 57.3 Å². The predicted molar refractivity (Wildman–Crippen MR) is 87.5 cm³/mol. The van der Waals surface area contributed by atoms with Crippen molar-refractivity contribution in [3.63, 3.8) is 0 Å². The van der Waals surface area contributed by atoms with Gasteiger partial charge in [-0.05, 0) is 39.8 Å². The summed E-state index contributed by atoms with van der Waals surface area (Å²) in [4.78, 5) is 4.73. The van der Waals surface area contributed by atoms with Crippen LogP contribution >= 0.6 is 0 Å². The van der Waals surface area contributed by atoms with E-state index in [1.54, 1.807) is 0 Å². The Balaban J connectivity index is 1.94. The molecule has 1 heterocycles. The third-order valence-electron chi connectivity index (χ3n) is 6.56. The smallest absolute Gasteiger partial charge is 0.0818 e. The van der Waals surface area contributed by atoms with E-state index in [9.17, 15) is 0 Å². The van der Waals surface area contributed by atoms with Gasteiger partial charge in [-0.25, -0.2) is 0 Å². The van der Waals surface area contributed by atoms with Crippen LogP contribution in [-0.2, 0) is 10.7 Å². The topological polar surface area (TPSA) is 12.9 Å². The minimum atomic E-state index is -0.219. The van der Waals surface area contributed by atoms with Crippen LogP contribution in [-0.4, -0.2) is 12.8 Å². The second-order valence-electron chi connectivity index (χ2n) is 7.41. The van der Waals surface area contributed by atoms with E-state index in [1.807, 2.05) is 6.07 Å². The Labute approximate surface area is 128 Å². The van der Waals surface area contributed by atoms with Crippen molar-refractivity contribution in [2.24, 2.45) is 5.41 Å². The van der Waals surface area contributed by atoms with Gasteiger partial charge < -0.3 is 0 Å². The molecule has 2 bridgehead atoms. The summed E-state index contributed by atoms with van der Waals surface area (Å²) in [7, 11) is 6.89. The van der Waals surface area contributed by atoms with Crippen molar-refractivity contribution in [1.82, 2.24) is 4.98 Å². The lowest BCUT2D eigenvalue weighted by molar-refractivity contribution is 0.210. The zero-order valence-corrected chi connectivity index (χ0v) is 13.0. The fraction of sp³-hybridized carbons (Fsp3) is 0.421. The average Bonchev–Trinajstić information content (AvgIpc) is 2.76. The molecule has 4 rings (SSSR count). The molecule has 2 atom stereocenters. The first kappa shape index (κ1) is 13.1. The number of rotatable bonds is 1. The zero-order chi connectivity index (χ0) is 14.9. The number of hydrogen-bond acceptors (Lipinski definition) is 1. The van der Waals surface area contributed by atoms with Crippen molar-refractivity contribution in [3.05, 3.63) is 53.7 Å². The normalized spacial score (nSPS) is 32.1. The fourth-order valence-electron chi connectivity index (χ4n) is 4.54. The highest BCUT2D eigenvalue weighted by atomic mass is 14.7. The summed E-state index contributed by atoms with van der Waals surface area (Å²) in [6.07, 6.45) is 4.31. The van der Waals surface area contributed by atoms with E-state index in [4.69, 9.17) is 12.8 Å². The summed E-state index contributed by atoms with van der Waals surface area (Å²) in [5.41, 5.74) is 5.11. The van der Waals surface area contributed by atoms with Gasteiger partial charge in [-0.15, -0.1) is 0 Å². The van der Waals surface area contributed by atoms with E-state index in [0.29, 0.717) is 0 Å². The average molecular weight is 273 g/mol. The maximum Gasteiger partial charge on any atom is 0.0818 e. The summed E-state index contributed by atoms with van der Waals surface area (Å²) >= 11 is 0. The molecule has 2 aromatic rings. The van der Waals surface area contributed by atoms with Crippen LogP contribution in [0, 0.1) is 5.41 Å². The van der Waals surface area contributed by atoms with Gasteiger partial charge in [-0.1, -0.05) is 57.5 Å². The number of nitrogens with zero attached hydrogens (tertiary/aromatic N) is 1. The molecule has 1 nitrogen and oxygen atoms in total. The van der Waals surface area contributed by atoms with E-state index in [0.717, 1.165) is 24.1 Å².